The van der Waals surface area contributed by atoms with Crippen molar-refractivity contribution in [1.82, 2.24) is 9.80 Å². The fraction of sp³-hybridized carbons (Fsp3) is 0.650. The van der Waals surface area contributed by atoms with Crippen molar-refractivity contribution in [2.75, 3.05) is 32.7 Å². The molecule has 1 amide bonds. The SMILES string of the molecule is Cc1ccccc1C(O)C1CCN(C(=O)CN2CC(C)(C)C2)CC1. The Balaban J connectivity index is 1.49. The third kappa shape index (κ3) is 3.81. The molecule has 0 bridgehead atoms. The topological polar surface area (TPSA) is 43.8 Å². The van der Waals surface area contributed by atoms with Crippen LogP contribution in [0.1, 0.15) is 43.9 Å². The number of hydrogen-bond donors (Lipinski definition) is 1. The zero-order valence-electron chi connectivity index (χ0n) is 15.2. The van der Waals surface area contributed by atoms with Crippen LogP contribution >= 0.6 is 0 Å². The van der Waals surface area contributed by atoms with E-state index < -0.39 is 6.10 Å². The molecule has 0 aromatic heterocycles. The number of rotatable bonds is 4. The van der Waals surface area contributed by atoms with Gasteiger partial charge in [-0.05, 0) is 42.2 Å². The maximum absolute atomic E-state index is 12.4. The summed E-state index contributed by atoms with van der Waals surface area (Å²) < 4.78 is 0. The lowest BCUT2D eigenvalue weighted by Gasteiger charge is -2.46. The van der Waals surface area contributed by atoms with Gasteiger partial charge in [-0.3, -0.25) is 9.69 Å². The van der Waals surface area contributed by atoms with Crippen molar-refractivity contribution in [3.8, 4) is 0 Å². The fourth-order valence-electron chi connectivity index (χ4n) is 4.20. The number of hydrogen-bond acceptors (Lipinski definition) is 3. The number of aliphatic hydroxyl groups is 1. The lowest BCUT2D eigenvalue weighted by molar-refractivity contribution is -0.137. The zero-order valence-corrected chi connectivity index (χ0v) is 15.2. The Kier molecular flexibility index (Phi) is 4.97. The van der Waals surface area contributed by atoms with E-state index >= 15 is 0 Å². The molecule has 0 saturated carbocycles. The van der Waals surface area contributed by atoms with E-state index in [2.05, 4.69) is 18.7 Å². The predicted molar refractivity (Wildman–Crippen MR) is 95.7 cm³/mol. The highest BCUT2D eigenvalue weighted by Crippen LogP contribution is 2.33. The zero-order chi connectivity index (χ0) is 17.3. The van der Waals surface area contributed by atoms with Gasteiger partial charge in [-0.15, -0.1) is 0 Å². The Labute approximate surface area is 145 Å². The first-order valence-corrected chi connectivity index (χ1v) is 9.09. The smallest absolute Gasteiger partial charge is 0.236 e. The van der Waals surface area contributed by atoms with E-state index in [1.54, 1.807) is 0 Å². The number of carbonyl (C=O) groups is 1. The van der Waals surface area contributed by atoms with Gasteiger partial charge in [-0.1, -0.05) is 38.1 Å². The number of carbonyl (C=O) groups excluding carboxylic acids is 1. The van der Waals surface area contributed by atoms with Gasteiger partial charge in [0, 0.05) is 26.2 Å². The van der Waals surface area contributed by atoms with E-state index in [4.69, 9.17) is 0 Å². The molecule has 2 aliphatic rings. The van der Waals surface area contributed by atoms with Crippen LogP contribution in [-0.2, 0) is 4.79 Å². The van der Waals surface area contributed by atoms with Gasteiger partial charge in [-0.2, -0.15) is 0 Å². The van der Waals surface area contributed by atoms with E-state index in [1.165, 1.54) is 0 Å². The normalized spacial score (nSPS) is 22.9. The van der Waals surface area contributed by atoms with E-state index in [9.17, 15) is 9.90 Å². The van der Waals surface area contributed by atoms with Crippen molar-refractivity contribution in [2.24, 2.45) is 11.3 Å². The van der Waals surface area contributed by atoms with Crippen LogP contribution in [0, 0.1) is 18.3 Å². The Morgan fingerprint density at radius 3 is 2.46 bits per heavy atom. The Morgan fingerprint density at radius 2 is 1.88 bits per heavy atom. The molecule has 24 heavy (non-hydrogen) atoms. The molecule has 1 aromatic carbocycles. The molecule has 3 rings (SSSR count). The molecule has 1 atom stereocenters. The van der Waals surface area contributed by atoms with Crippen molar-refractivity contribution in [2.45, 2.75) is 39.7 Å². The largest absolute Gasteiger partial charge is 0.388 e. The average molecular weight is 330 g/mol. The van der Waals surface area contributed by atoms with Gasteiger partial charge in [0.1, 0.15) is 0 Å². The number of aliphatic hydroxyl groups excluding tert-OH is 1. The predicted octanol–water partition coefficient (Wildman–Crippen LogP) is 2.61. The summed E-state index contributed by atoms with van der Waals surface area (Å²) in [5.74, 6) is 0.493. The molecule has 2 saturated heterocycles. The van der Waals surface area contributed by atoms with E-state index in [-0.39, 0.29) is 11.8 Å². The summed E-state index contributed by atoms with van der Waals surface area (Å²) in [6, 6.07) is 8.05. The fourth-order valence-corrected chi connectivity index (χ4v) is 4.20. The third-order valence-corrected chi connectivity index (χ3v) is 5.51. The van der Waals surface area contributed by atoms with Crippen LogP contribution in [0.15, 0.2) is 24.3 Å². The van der Waals surface area contributed by atoms with Crippen LogP contribution in [0.25, 0.3) is 0 Å². The van der Waals surface area contributed by atoms with Crippen molar-refractivity contribution in [3.05, 3.63) is 35.4 Å². The summed E-state index contributed by atoms with van der Waals surface area (Å²) in [7, 11) is 0. The van der Waals surface area contributed by atoms with Crippen molar-refractivity contribution in [3.63, 3.8) is 0 Å². The first-order valence-electron chi connectivity index (χ1n) is 9.09. The first-order chi connectivity index (χ1) is 11.4. The van der Waals surface area contributed by atoms with Crippen LogP contribution in [0.4, 0.5) is 0 Å². The summed E-state index contributed by atoms with van der Waals surface area (Å²) in [5.41, 5.74) is 2.54. The summed E-state index contributed by atoms with van der Waals surface area (Å²) >= 11 is 0. The van der Waals surface area contributed by atoms with Gasteiger partial charge in [0.25, 0.3) is 0 Å². The molecule has 2 fully saturated rings. The number of nitrogens with zero attached hydrogens (tertiary/aromatic N) is 2. The maximum Gasteiger partial charge on any atom is 0.236 e. The number of benzene rings is 1. The van der Waals surface area contributed by atoms with Crippen LogP contribution in [0.3, 0.4) is 0 Å². The van der Waals surface area contributed by atoms with Gasteiger partial charge in [0.05, 0.1) is 12.6 Å². The van der Waals surface area contributed by atoms with Crippen molar-refractivity contribution in [1.29, 1.82) is 0 Å². The highest BCUT2D eigenvalue weighted by molar-refractivity contribution is 5.78. The van der Waals surface area contributed by atoms with Crippen molar-refractivity contribution < 1.29 is 9.90 Å². The van der Waals surface area contributed by atoms with Crippen LogP contribution < -0.4 is 0 Å². The number of aryl methyl sites for hydroxylation is 1. The van der Waals surface area contributed by atoms with Crippen LogP contribution in [-0.4, -0.2) is 53.5 Å². The number of likely N-dealkylation sites (tertiary alicyclic amines) is 2. The minimum Gasteiger partial charge on any atom is -0.388 e. The second-order valence-electron chi connectivity index (χ2n) is 8.33. The molecule has 1 aromatic rings. The summed E-state index contributed by atoms with van der Waals surface area (Å²) in [5, 5.41) is 10.7. The van der Waals surface area contributed by atoms with Gasteiger partial charge in [-0.25, -0.2) is 0 Å². The molecule has 2 heterocycles. The van der Waals surface area contributed by atoms with Gasteiger partial charge in [0.15, 0.2) is 0 Å². The van der Waals surface area contributed by atoms with E-state index in [0.29, 0.717) is 12.0 Å². The lowest BCUT2D eigenvalue weighted by atomic mass is 9.84. The molecule has 0 aliphatic carbocycles. The Morgan fingerprint density at radius 1 is 1.25 bits per heavy atom. The van der Waals surface area contributed by atoms with Crippen LogP contribution in [0.5, 0.6) is 0 Å². The van der Waals surface area contributed by atoms with E-state index in [0.717, 1.165) is 50.1 Å². The maximum atomic E-state index is 12.4. The first kappa shape index (κ1) is 17.4. The summed E-state index contributed by atoms with van der Waals surface area (Å²) in [6.45, 7) is 10.6. The molecule has 1 N–H and O–H groups in total. The monoisotopic (exact) mass is 330 g/mol. The highest BCUT2D eigenvalue weighted by atomic mass is 16.3. The second-order valence-corrected chi connectivity index (χ2v) is 8.33. The van der Waals surface area contributed by atoms with E-state index in [1.807, 2.05) is 36.1 Å². The summed E-state index contributed by atoms with van der Waals surface area (Å²) in [6.07, 6.45) is 1.35. The minimum atomic E-state index is -0.417. The molecular formula is C20H30N2O2. The molecule has 0 radical (unpaired) electrons. The third-order valence-electron chi connectivity index (χ3n) is 5.51. The molecule has 0 spiro atoms. The van der Waals surface area contributed by atoms with Gasteiger partial charge in [0.2, 0.25) is 5.91 Å². The number of amides is 1. The highest BCUT2D eigenvalue weighted by Gasteiger charge is 2.36. The average Bonchev–Trinajstić information content (AvgIpc) is 2.53. The van der Waals surface area contributed by atoms with Gasteiger partial charge >= 0.3 is 0 Å². The summed E-state index contributed by atoms with van der Waals surface area (Å²) in [4.78, 5) is 16.6. The molecule has 132 valence electrons. The lowest BCUT2D eigenvalue weighted by Crippen LogP contribution is -2.56. The molecular weight excluding hydrogens is 300 g/mol. The molecule has 2 aliphatic heterocycles. The second kappa shape index (κ2) is 6.85. The van der Waals surface area contributed by atoms with Gasteiger partial charge < -0.3 is 10.0 Å². The molecule has 4 heteroatoms. The number of piperidine rings is 1. The van der Waals surface area contributed by atoms with Crippen LogP contribution in [0.2, 0.25) is 0 Å². The quantitative estimate of drug-likeness (QED) is 0.923. The Bertz CT molecular complexity index is 583. The minimum absolute atomic E-state index is 0.245. The molecule has 1 unspecified atom stereocenters. The Hall–Kier alpha value is -1.39. The van der Waals surface area contributed by atoms with Crippen molar-refractivity contribution >= 4 is 5.91 Å². The standard InChI is InChI=1S/C20H30N2O2/c1-15-6-4-5-7-17(15)19(24)16-8-10-22(11-9-16)18(23)12-21-13-20(2,3)14-21/h4-7,16,19,24H,8-14H2,1-3H3. The molecule has 4 nitrogen and oxygen atoms in total.